The molecule has 0 spiro atoms. The minimum atomic E-state index is -0.607. The Morgan fingerprint density at radius 2 is 1.85 bits per heavy atom. The first kappa shape index (κ1) is 19.4. The summed E-state index contributed by atoms with van der Waals surface area (Å²) in [4.78, 5) is 2.21. The van der Waals surface area contributed by atoms with Gasteiger partial charge in [-0.2, -0.15) is 0 Å². The van der Waals surface area contributed by atoms with Gasteiger partial charge in [0.2, 0.25) is 0 Å². The maximum Gasteiger partial charge on any atom is 0.133 e. The van der Waals surface area contributed by atoms with Gasteiger partial charge in [0.1, 0.15) is 29.8 Å². The minimum Gasteiger partial charge on any atom is -0.497 e. The van der Waals surface area contributed by atoms with E-state index in [1.54, 1.807) is 7.11 Å². The fraction of sp³-hybridized carbons (Fsp3) is 0.238. The zero-order chi connectivity index (χ0) is 19.4. The summed E-state index contributed by atoms with van der Waals surface area (Å²) in [7, 11) is 1.65. The third-order valence-electron chi connectivity index (χ3n) is 4.37. The van der Waals surface area contributed by atoms with Crippen LogP contribution in [0.15, 0.2) is 64.5 Å². The molecule has 0 saturated heterocycles. The van der Waals surface area contributed by atoms with Gasteiger partial charge in [-0.3, -0.25) is 0 Å². The van der Waals surface area contributed by atoms with Crippen molar-refractivity contribution in [2.45, 2.75) is 20.1 Å². The second kappa shape index (κ2) is 8.57. The van der Waals surface area contributed by atoms with Crippen molar-refractivity contribution in [1.29, 1.82) is 0 Å². The van der Waals surface area contributed by atoms with E-state index >= 15 is 0 Å². The second-order valence-corrected chi connectivity index (χ2v) is 7.24. The lowest BCUT2D eigenvalue weighted by molar-refractivity contribution is 0.197. The first-order chi connectivity index (χ1) is 13.0. The highest BCUT2D eigenvalue weighted by molar-refractivity contribution is 9.11. The predicted octanol–water partition coefficient (Wildman–Crippen LogP) is 5.52. The van der Waals surface area contributed by atoms with E-state index in [1.165, 1.54) is 17.7 Å². The Labute approximate surface area is 166 Å². The Morgan fingerprint density at radius 1 is 1.11 bits per heavy atom. The van der Waals surface area contributed by atoms with Crippen LogP contribution in [0.4, 0.5) is 8.78 Å². The van der Waals surface area contributed by atoms with E-state index in [2.05, 4.69) is 20.8 Å². The van der Waals surface area contributed by atoms with Gasteiger partial charge in [0.25, 0.3) is 0 Å². The molecule has 1 aliphatic heterocycles. The van der Waals surface area contributed by atoms with Crippen LogP contribution >= 0.6 is 15.9 Å². The smallest absolute Gasteiger partial charge is 0.133 e. The Morgan fingerprint density at radius 3 is 2.52 bits per heavy atom. The van der Waals surface area contributed by atoms with Crippen molar-refractivity contribution in [3.05, 3.63) is 87.2 Å². The van der Waals surface area contributed by atoms with Crippen LogP contribution in [0.3, 0.4) is 0 Å². The van der Waals surface area contributed by atoms with Crippen LogP contribution in [0.5, 0.6) is 5.75 Å². The zero-order valence-corrected chi connectivity index (χ0v) is 16.7. The van der Waals surface area contributed by atoms with Gasteiger partial charge >= 0.3 is 0 Å². The fourth-order valence-electron chi connectivity index (χ4n) is 2.78. The van der Waals surface area contributed by atoms with Gasteiger partial charge in [0.15, 0.2) is 0 Å². The highest BCUT2D eigenvalue weighted by atomic mass is 79.9. The molecule has 142 valence electrons. The molecule has 0 bridgehead atoms. The normalized spacial score (nSPS) is 14.3. The van der Waals surface area contributed by atoms with Crippen molar-refractivity contribution in [1.82, 2.24) is 4.90 Å². The van der Waals surface area contributed by atoms with Crippen LogP contribution in [0.25, 0.3) is 0 Å². The molecule has 0 saturated carbocycles. The van der Waals surface area contributed by atoms with Crippen LogP contribution in [0.2, 0.25) is 0 Å². The molecule has 3 nitrogen and oxygen atoms in total. The van der Waals surface area contributed by atoms with Crippen molar-refractivity contribution in [3.63, 3.8) is 0 Å². The average molecular weight is 436 g/mol. The number of hydrogen-bond acceptors (Lipinski definition) is 3. The van der Waals surface area contributed by atoms with Gasteiger partial charge in [0.05, 0.1) is 18.1 Å². The van der Waals surface area contributed by atoms with E-state index in [9.17, 15) is 8.78 Å². The molecule has 1 aliphatic rings. The minimum absolute atomic E-state index is 0.0405. The molecule has 0 N–H and O–H groups in total. The quantitative estimate of drug-likeness (QED) is 0.596. The summed E-state index contributed by atoms with van der Waals surface area (Å²) in [5.41, 5.74) is 2.53. The van der Waals surface area contributed by atoms with Crippen molar-refractivity contribution in [2.75, 3.05) is 13.7 Å². The molecule has 2 aromatic rings. The molecule has 6 heteroatoms. The van der Waals surface area contributed by atoms with Crippen molar-refractivity contribution in [3.8, 4) is 5.75 Å². The molecule has 0 aromatic heterocycles. The number of benzene rings is 2. The summed E-state index contributed by atoms with van der Waals surface area (Å²) >= 11 is 3.56. The summed E-state index contributed by atoms with van der Waals surface area (Å²) < 4.78 is 38.6. The molecule has 0 atom stereocenters. The molecule has 0 radical (unpaired) electrons. The molecular weight excluding hydrogens is 416 g/mol. The lowest BCUT2D eigenvalue weighted by Crippen LogP contribution is -2.26. The highest BCUT2D eigenvalue weighted by Gasteiger charge is 2.18. The van der Waals surface area contributed by atoms with E-state index in [0.717, 1.165) is 28.5 Å². The van der Waals surface area contributed by atoms with Crippen LogP contribution in [0.1, 0.15) is 18.1 Å². The fourth-order valence-corrected chi connectivity index (χ4v) is 3.31. The van der Waals surface area contributed by atoms with Crippen LogP contribution < -0.4 is 4.74 Å². The van der Waals surface area contributed by atoms with Gasteiger partial charge in [-0.15, -0.1) is 0 Å². The molecule has 0 unspecified atom stereocenters. The van der Waals surface area contributed by atoms with E-state index in [-0.39, 0.29) is 6.61 Å². The standard InChI is InChI=1S/C21H20BrF2NO2/c1-14-9-21(27-13-16-5-6-17(23)10-20(16)24)19(22)12-25(14)11-15-3-7-18(26-2)8-4-15/h3-10H,11-13H2,1-2H3. The molecule has 1 heterocycles. The molecule has 27 heavy (non-hydrogen) atoms. The molecule has 3 rings (SSSR count). The Hall–Kier alpha value is -2.34. The maximum absolute atomic E-state index is 13.8. The summed E-state index contributed by atoms with van der Waals surface area (Å²) in [6, 6.07) is 11.4. The summed E-state index contributed by atoms with van der Waals surface area (Å²) in [6.07, 6.45) is 1.92. The molecule has 0 amide bonds. The maximum atomic E-state index is 13.8. The van der Waals surface area contributed by atoms with E-state index < -0.39 is 11.6 Å². The Kier molecular flexibility index (Phi) is 6.16. The summed E-state index contributed by atoms with van der Waals surface area (Å²) in [5.74, 6) is 0.278. The topological polar surface area (TPSA) is 21.7 Å². The van der Waals surface area contributed by atoms with Gasteiger partial charge < -0.3 is 14.4 Å². The number of nitrogens with zero attached hydrogens (tertiary/aromatic N) is 1. The van der Waals surface area contributed by atoms with Crippen LogP contribution in [-0.2, 0) is 17.9 Å². The number of rotatable bonds is 6. The van der Waals surface area contributed by atoms with Crippen LogP contribution in [-0.4, -0.2) is 18.6 Å². The van der Waals surface area contributed by atoms with E-state index in [0.29, 0.717) is 17.9 Å². The van der Waals surface area contributed by atoms with Gasteiger partial charge in [-0.05, 0) is 58.8 Å². The van der Waals surface area contributed by atoms with Crippen LogP contribution in [0, 0.1) is 11.6 Å². The Bertz CT molecular complexity index is 878. The number of ether oxygens (including phenoxy) is 2. The summed E-state index contributed by atoms with van der Waals surface area (Å²) in [5, 5.41) is 0. The summed E-state index contributed by atoms with van der Waals surface area (Å²) in [6.45, 7) is 3.44. The van der Waals surface area contributed by atoms with Crippen molar-refractivity contribution < 1.29 is 18.3 Å². The largest absolute Gasteiger partial charge is 0.497 e. The second-order valence-electron chi connectivity index (χ2n) is 6.28. The van der Waals surface area contributed by atoms with E-state index in [1.807, 2.05) is 37.3 Å². The third kappa shape index (κ3) is 4.89. The van der Waals surface area contributed by atoms with E-state index in [4.69, 9.17) is 9.47 Å². The highest BCUT2D eigenvalue weighted by Crippen LogP contribution is 2.28. The third-order valence-corrected chi connectivity index (χ3v) is 5.01. The van der Waals surface area contributed by atoms with Gasteiger partial charge in [0, 0.05) is 23.9 Å². The average Bonchev–Trinajstić information content (AvgIpc) is 2.65. The predicted molar refractivity (Wildman–Crippen MR) is 104 cm³/mol. The first-order valence-corrected chi connectivity index (χ1v) is 9.27. The first-order valence-electron chi connectivity index (χ1n) is 8.48. The monoisotopic (exact) mass is 435 g/mol. The lowest BCUT2D eigenvalue weighted by atomic mass is 10.1. The number of methoxy groups -OCH3 is 1. The SMILES string of the molecule is COc1ccc(CN2CC(Br)=C(OCc3ccc(F)cc3F)C=C2C)cc1. The number of allylic oxidation sites excluding steroid dienone is 2. The Balaban J connectivity index is 1.64. The van der Waals surface area contributed by atoms with Crippen molar-refractivity contribution >= 4 is 15.9 Å². The van der Waals surface area contributed by atoms with Crippen molar-refractivity contribution in [2.24, 2.45) is 0 Å². The molecule has 2 aromatic carbocycles. The van der Waals surface area contributed by atoms with Gasteiger partial charge in [-0.25, -0.2) is 8.78 Å². The molecular formula is C21H20BrF2NO2. The van der Waals surface area contributed by atoms with Gasteiger partial charge in [-0.1, -0.05) is 12.1 Å². The molecule has 0 aliphatic carbocycles. The number of hydrogen-bond donors (Lipinski definition) is 0. The zero-order valence-electron chi connectivity index (χ0n) is 15.1. The lowest BCUT2D eigenvalue weighted by Gasteiger charge is -2.30. The molecule has 0 fully saturated rings. The number of halogens is 3.